The molecular weight excluding hydrogens is 249 g/mol. The third-order valence-corrected chi connectivity index (χ3v) is 4.86. The van der Waals surface area contributed by atoms with E-state index in [9.17, 15) is 9.50 Å². The minimum atomic E-state index is -0.386. The number of halogens is 1. The maximum Gasteiger partial charge on any atom is 0.124 e. The molecule has 0 spiro atoms. The van der Waals surface area contributed by atoms with E-state index >= 15 is 0 Å². The van der Waals surface area contributed by atoms with Crippen molar-refractivity contribution in [2.45, 2.75) is 36.1 Å². The number of hydrogen-bond acceptors (Lipinski definition) is 3. The maximum absolute atomic E-state index is 13.0. The fourth-order valence-electron chi connectivity index (χ4n) is 2.68. The molecule has 0 heterocycles. The second-order valence-corrected chi connectivity index (χ2v) is 6.24. The Bertz CT molecular complexity index is 401. The van der Waals surface area contributed by atoms with Gasteiger partial charge in [-0.3, -0.25) is 0 Å². The van der Waals surface area contributed by atoms with Gasteiger partial charge >= 0.3 is 0 Å². The summed E-state index contributed by atoms with van der Waals surface area (Å²) in [6.07, 6.45) is 4.10. The third-order valence-electron chi connectivity index (χ3n) is 3.83. The monoisotopic (exact) mass is 269 g/mol. The number of aliphatic hydroxyl groups is 1. The quantitative estimate of drug-likeness (QED) is 0.808. The molecule has 2 unspecified atom stereocenters. The molecule has 1 fully saturated rings. The van der Waals surface area contributed by atoms with Crippen LogP contribution >= 0.6 is 11.8 Å². The average Bonchev–Trinajstić information content (AvgIpc) is 2.72. The summed E-state index contributed by atoms with van der Waals surface area (Å²) in [5.41, 5.74) is 5.80. The Morgan fingerprint density at radius 3 is 3.06 bits per heavy atom. The molecule has 1 aliphatic carbocycles. The first-order valence-corrected chi connectivity index (χ1v) is 7.41. The van der Waals surface area contributed by atoms with Gasteiger partial charge in [-0.05, 0) is 49.1 Å². The second kappa shape index (κ2) is 6.04. The summed E-state index contributed by atoms with van der Waals surface area (Å²) < 4.78 is 13.0. The van der Waals surface area contributed by atoms with Gasteiger partial charge in [0.05, 0.1) is 6.61 Å². The molecule has 2 nitrogen and oxygen atoms in total. The second-order valence-electron chi connectivity index (χ2n) is 5.07. The van der Waals surface area contributed by atoms with Crippen LogP contribution in [0.25, 0.3) is 0 Å². The molecule has 0 saturated heterocycles. The summed E-state index contributed by atoms with van der Waals surface area (Å²) in [5.74, 6) is 1.13. The lowest BCUT2D eigenvalue weighted by Gasteiger charge is -2.29. The lowest BCUT2D eigenvalue weighted by atomic mass is 9.87. The molecule has 0 amide bonds. The molecule has 18 heavy (non-hydrogen) atoms. The van der Waals surface area contributed by atoms with Gasteiger partial charge in [0.15, 0.2) is 0 Å². The van der Waals surface area contributed by atoms with Crippen LogP contribution in [0.5, 0.6) is 0 Å². The fraction of sp³-hybridized carbons (Fsp3) is 0.571. The summed E-state index contributed by atoms with van der Waals surface area (Å²) in [6.45, 7) is 0.0717. The highest BCUT2D eigenvalue weighted by atomic mass is 32.2. The van der Waals surface area contributed by atoms with Crippen LogP contribution in [-0.2, 0) is 0 Å². The van der Waals surface area contributed by atoms with E-state index in [1.165, 1.54) is 6.07 Å². The standard InChI is InChI=1S/C14H20FNOS/c15-12-4-1-5-13(9-12)18-8-6-11-3-2-7-14(11,16)10-17/h1,4-5,9,11,17H,2-3,6-8,10,16H2. The molecule has 1 aliphatic rings. The van der Waals surface area contributed by atoms with Gasteiger partial charge in [0.25, 0.3) is 0 Å². The van der Waals surface area contributed by atoms with Gasteiger partial charge in [-0.15, -0.1) is 11.8 Å². The lowest BCUT2D eigenvalue weighted by Crippen LogP contribution is -2.47. The van der Waals surface area contributed by atoms with Gasteiger partial charge in [-0.1, -0.05) is 12.5 Å². The SMILES string of the molecule is NC1(CO)CCCC1CCSc1cccc(F)c1. The molecule has 1 aromatic carbocycles. The molecule has 1 saturated carbocycles. The Hall–Kier alpha value is -0.580. The van der Waals surface area contributed by atoms with E-state index in [1.54, 1.807) is 23.9 Å². The summed E-state index contributed by atoms with van der Waals surface area (Å²) >= 11 is 1.66. The molecule has 2 atom stereocenters. The van der Waals surface area contributed by atoms with E-state index in [4.69, 9.17) is 5.73 Å². The minimum Gasteiger partial charge on any atom is -0.394 e. The van der Waals surface area contributed by atoms with Crippen molar-refractivity contribution < 1.29 is 9.50 Å². The lowest BCUT2D eigenvalue weighted by molar-refractivity contribution is 0.158. The van der Waals surface area contributed by atoms with Gasteiger partial charge in [-0.25, -0.2) is 4.39 Å². The number of rotatable bonds is 5. The Kier molecular flexibility index (Phi) is 4.65. The van der Waals surface area contributed by atoms with E-state index in [-0.39, 0.29) is 18.0 Å². The number of thioether (sulfide) groups is 1. The van der Waals surface area contributed by atoms with E-state index in [2.05, 4.69) is 0 Å². The fourth-order valence-corrected chi connectivity index (χ4v) is 3.69. The van der Waals surface area contributed by atoms with Gasteiger partial charge in [0.2, 0.25) is 0 Å². The number of nitrogens with two attached hydrogens (primary N) is 1. The molecular formula is C14H20FNOS. The first-order chi connectivity index (χ1) is 8.64. The maximum atomic E-state index is 13.0. The summed E-state index contributed by atoms with van der Waals surface area (Å²) in [4.78, 5) is 0.958. The van der Waals surface area contributed by atoms with Crippen LogP contribution in [0.3, 0.4) is 0 Å². The van der Waals surface area contributed by atoms with Crippen LogP contribution < -0.4 is 5.73 Å². The van der Waals surface area contributed by atoms with Crippen LogP contribution in [-0.4, -0.2) is 23.0 Å². The highest BCUT2D eigenvalue weighted by molar-refractivity contribution is 7.99. The van der Waals surface area contributed by atoms with Gasteiger partial charge in [0.1, 0.15) is 5.82 Å². The zero-order valence-electron chi connectivity index (χ0n) is 10.4. The van der Waals surface area contributed by atoms with Crippen LogP contribution in [0.2, 0.25) is 0 Å². The summed E-state index contributed by atoms with van der Waals surface area (Å²) in [7, 11) is 0. The highest BCUT2D eigenvalue weighted by Crippen LogP contribution is 2.37. The molecule has 0 bridgehead atoms. The van der Waals surface area contributed by atoms with Crippen LogP contribution in [0.4, 0.5) is 4.39 Å². The third kappa shape index (κ3) is 3.25. The summed E-state index contributed by atoms with van der Waals surface area (Å²) in [5, 5.41) is 9.37. The van der Waals surface area contributed by atoms with Crippen LogP contribution in [0.15, 0.2) is 29.2 Å². The van der Waals surface area contributed by atoms with E-state index in [0.717, 1.165) is 36.3 Å². The van der Waals surface area contributed by atoms with Crippen molar-refractivity contribution in [3.63, 3.8) is 0 Å². The molecule has 4 heteroatoms. The van der Waals surface area contributed by atoms with Crippen LogP contribution in [0, 0.1) is 11.7 Å². The van der Waals surface area contributed by atoms with Crippen molar-refractivity contribution >= 4 is 11.8 Å². The Labute approximate surface area is 112 Å². The first-order valence-electron chi connectivity index (χ1n) is 6.42. The minimum absolute atomic E-state index is 0.0717. The van der Waals surface area contributed by atoms with Gasteiger partial charge in [-0.2, -0.15) is 0 Å². The zero-order valence-corrected chi connectivity index (χ0v) is 11.3. The molecule has 3 N–H and O–H groups in total. The largest absolute Gasteiger partial charge is 0.394 e. The average molecular weight is 269 g/mol. The van der Waals surface area contributed by atoms with Crippen molar-refractivity contribution in [2.75, 3.05) is 12.4 Å². The van der Waals surface area contributed by atoms with Crippen molar-refractivity contribution in [1.82, 2.24) is 0 Å². The summed E-state index contributed by atoms with van der Waals surface area (Å²) in [6, 6.07) is 6.66. The Morgan fingerprint density at radius 1 is 1.50 bits per heavy atom. The number of benzene rings is 1. The molecule has 0 aliphatic heterocycles. The topological polar surface area (TPSA) is 46.2 Å². The smallest absolute Gasteiger partial charge is 0.124 e. The molecule has 0 aromatic heterocycles. The Morgan fingerprint density at radius 2 is 2.33 bits per heavy atom. The van der Waals surface area contributed by atoms with E-state index < -0.39 is 0 Å². The first kappa shape index (κ1) is 13.8. The van der Waals surface area contributed by atoms with Crippen molar-refractivity contribution in [3.8, 4) is 0 Å². The Balaban J connectivity index is 1.82. The van der Waals surface area contributed by atoms with Crippen molar-refractivity contribution in [2.24, 2.45) is 11.7 Å². The van der Waals surface area contributed by atoms with E-state index in [1.807, 2.05) is 6.07 Å². The predicted molar refractivity (Wildman–Crippen MR) is 73.1 cm³/mol. The highest BCUT2D eigenvalue weighted by Gasteiger charge is 2.38. The zero-order chi connectivity index (χ0) is 13.0. The number of hydrogen-bond donors (Lipinski definition) is 2. The number of aliphatic hydroxyl groups excluding tert-OH is 1. The van der Waals surface area contributed by atoms with Gasteiger partial charge in [0, 0.05) is 10.4 Å². The molecule has 2 rings (SSSR count). The molecule has 100 valence electrons. The van der Waals surface area contributed by atoms with Gasteiger partial charge < -0.3 is 10.8 Å². The van der Waals surface area contributed by atoms with Crippen molar-refractivity contribution in [1.29, 1.82) is 0 Å². The molecule has 0 radical (unpaired) electrons. The van der Waals surface area contributed by atoms with Crippen molar-refractivity contribution in [3.05, 3.63) is 30.1 Å². The van der Waals surface area contributed by atoms with Crippen LogP contribution in [0.1, 0.15) is 25.7 Å². The normalized spacial score (nSPS) is 27.6. The van der Waals surface area contributed by atoms with E-state index in [0.29, 0.717) is 5.92 Å². The predicted octanol–water partition coefficient (Wildman–Crippen LogP) is 2.80. The molecule has 1 aromatic rings.